The molecule has 1 N–H and O–H groups in total. The third-order valence-electron chi connectivity index (χ3n) is 6.17. The Balaban J connectivity index is 2.78. The second-order valence-corrected chi connectivity index (χ2v) is 20.5. The molecule has 1 heterocycles. The number of alkyl carbamates (subject to hydrolysis) is 1. The summed E-state index contributed by atoms with van der Waals surface area (Å²) in [5.74, 6) is 0.602. The third kappa shape index (κ3) is 7.99. The zero-order valence-electron chi connectivity index (χ0n) is 19.9. The van der Waals surface area contributed by atoms with E-state index in [0.29, 0.717) is 19.2 Å². The van der Waals surface area contributed by atoms with E-state index in [4.69, 9.17) is 9.47 Å². The Morgan fingerprint density at radius 1 is 1.23 bits per heavy atom. The number of hydrogen-bond donors (Lipinski definition) is 1. The van der Waals surface area contributed by atoms with Crippen molar-refractivity contribution in [3.63, 3.8) is 0 Å². The van der Waals surface area contributed by atoms with Gasteiger partial charge in [-0.15, -0.1) is 0 Å². The van der Waals surface area contributed by atoms with Crippen LogP contribution in [-0.2, 0) is 21.0 Å². The number of aromatic nitrogens is 2. The SMILES string of the molecule is CC[Si](CC)(CC)C(C)OC(=O)NC(CC=O)c1nccn1COCC[Si](C)(C)C. The molecule has 0 saturated heterocycles. The van der Waals surface area contributed by atoms with Crippen LogP contribution in [0.1, 0.15) is 46.0 Å². The highest BCUT2D eigenvalue weighted by atomic mass is 28.3. The molecular weight excluding hydrogens is 414 g/mol. The number of hydrogen-bond acceptors (Lipinski definition) is 5. The molecule has 1 amide bonds. The Morgan fingerprint density at radius 2 is 1.87 bits per heavy atom. The molecule has 0 saturated carbocycles. The van der Waals surface area contributed by atoms with Crippen molar-refractivity contribution in [3.8, 4) is 0 Å². The van der Waals surface area contributed by atoms with Gasteiger partial charge in [0.15, 0.2) is 0 Å². The molecule has 172 valence electrons. The molecule has 1 aromatic heterocycles. The maximum absolute atomic E-state index is 12.6. The molecule has 0 aromatic carbocycles. The van der Waals surface area contributed by atoms with E-state index in [1.54, 1.807) is 12.4 Å². The maximum atomic E-state index is 12.6. The topological polar surface area (TPSA) is 82.5 Å². The van der Waals surface area contributed by atoms with Crippen molar-refractivity contribution in [2.45, 2.75) is 96.4 Å². The van der Waals surface area contributed by atoms with Gasteiger partial charge in [-0.2, -0.15) is 0 Å². The Hall–Kier alpha value is -1.46. The number of ether oxygens (including phenoxy) is 2. The lowest BCUT2D eigenvalue weighted by Gasteiger charge is -2.34. The van der Waals surface area contributed by atoms with Crippen LogP contribution in [0.3, 0.4) is 0 Å². The van der Waals surface area contributed by atoms with Crippen LogP contribution >= 0.6 is 0 Å². The van der Waals surface area contributed by atoms with Crippen molar-refractivity contribution in [3.05, 3.63) is 18.2 Å². The van der Waals surface area contributed by atoms with Gasteiger partial charge in [-0.05, 0) is 13.0 Å². The summed E-state index contributed by atoms with van der Waals surface area (Å²) >= 11 is 0. The van der Waals surface area contributed by atoms with Gasteiger partial charge in [-0.1, -0.05) is 58.5 Å². The van der Waals surface area contributed by atoms with Crippen LogP contribution < -0.4 is 5.32 Å². The van der Waals surface area contributed by atoms with Crippen LogP contribution in [0.4, 0.5) is 4.79 Å². The van der Waals surface area contributed by atoms with Crippen LogP contribution in [0.2, 0.25) is 43.8 Å². The van der Waals surface area contributed by atoms with E-state index >= 15 is 0 Å². The summed E-state index contributed by atoms with van der Waals surface area (Å²) in [6.45, 7) is 16.5. The lowest BCUT2D eigenvalue weighted by molar-refractivity contribution is -0.108. The van der Waals surface area contributed by atoms with E-state index in [9.17, 15) is 9.59 Å². The minimum absolute atomic E-state index is 0.0842. The van der Waals surface area contributed by atoms with Crippen molar-refractivity contribution in [1.29, 1.82) is 0 Å². The number of imidazole rings is 1. The van der Waals surface area contributed by atoms with Crippen LogP contribution in [0.15, 0.2) is 12.4 Å². The predicted molar refractivity (Wildman–Crippen MR) is 126 cm³/mol. The van der Waals surface area contributed by atoms with Gasteiger partial charge >= 0.3 is 6.09 Å². The normalized spacial score (nSPS) is 14.2. The number of nitrogens with one attached hydrogen (secondary N) is 1. The van der Waals surface area contributed by atoms with Crippen LogP contribution in [0.25, 0.3) is 0 Å². The average molecular weight is 456 g/mol. The predicted octanol–water partition coefficient (Wildman–Crippen LogP) is 4.99. The van der Waals surface area contributed by atoms with Gasteiger partial charge in [0.1, 0.15) is 26.9 Å². The zero-order chi connectivity index (χ0) is 22.8. The molecule has 0 aliphatic heterocycles. The second kappa shape index (κ2) is 12.4. The zero-order valence-corrected chi connectivity index (χ0v) is 21.9. The molecule has 30 heavy (non-hydrogen) atoms. The molecule has 9 heteroatoms. The monoisotopic (exact) mass is 455 g/mol. The van der Waals surface area contributed by atoms with Crippen molar-refractivity contribution in [1.82, 2.24) is 14.9 Å². The molecule has 0 aliphatic carbocycles. The van der Waals surface area contributed by atoms with Gasteiger partial charge in [0.2, 0.25) is 0 Å². The number of rotatable bonds is 14. The largest absolute Gasteiger partial charge is 0.450 e. The van der Waals surface area contributed by atoms with Gasteiger partial charge < -0.3 is 24.2 Å². The first-order valence-electron chi connectivity index (χ1n) is 11.1. The quantitative estimate of drug-likeness (QED) is 0.243. The highest BCUT2D eigenvalue weighted by molar-refractivity contribution is 6.80. The number of aldehydes is 1. The fourth-order valence-electron chi connectivity index (χ4n) is 3.68. The minimum atomic E-state index is -1.66. The lowest BCUT2D eigenvalue weighted by Crippen LogP contribution is -2.48. The van der Waals surface area contributed by atoms with E-state index in [1.807, 2.05) is 11.5 Å². The molecule has 0 fully saturated rings. The summed E-state index contributed by atoms with van der Waals surface area (Å²) in [6, 6.07) is 3.76. The molecule has 1 rings (SSSR count). The van der Waals surface area contributed by atoms with Gasteiger partial charge in [0.05, 0.1) is 11.8 Å². The smallest absolute Gasteiger partial charge is 0.407 e. The molecule has 0 spiro atoms. The molecule has 0 radical (unpaired) electrons. The van der Waals surface area contributed by atoms with E-state index in [-0.39, 0.29) is 12.1 Å². The Bertz CT molecular complexity index is 649. The molecule has 2 unspecified atom stereocenters. The molecular formula is C21H41N3O4Si2. The fraction of sp³-hybridized carbons (Fsp3) is 0.762. The van der Waals surface area contributed by atoms with Gasteiger partial charge in [-0.25, -0.2) is 9.78 Å². The van der Waals surface area contributed by atoms with Crippen molar-refractivity contribution in [2.24, 2.45) is 0 Å². The third-order valence-corrected chi connectivity index (χ3v) is 13.9. The highest BCUT2D eigenvalue weighted by Gasteiger charge is 2.36. The standard InChI is InChI=1S/C21H41N3O4Si2/c1-8-30(9-2,10-3)18(4)28-21(26)23-19(11-14-25)20-22-12-13-24(20)17-27-15-16-29(5,6)7/h12-14,18-19H,8-11,15-17H2,1-7H3,(H,23,26). The molecule has 0 bridgehead atoms. The minimum Gasteiger partial charge on any atom is -0.450 e. The summed E-state index contributed by atoms with van der Waals surface area (Å²) in [4.78, 5) is 28.2. The first-order chi connectivity index (χ1) is 14.1. The van der Waals surface area contributed by atoms with Crippen molar-refractivity contribution < 1.29 is 19.1 Å². The summed E-state index contributed by atoms with van der Waals surface area (Å²) in [7, 11) is -2.81. The number of carbonyl (C=O) groups excluding carboxylic acids is 2. The maximum Gasteiger partial charge on any atom is 0.407 e. The highest BCUT2D eigenvalue weighted by Crippen LogP contribution is 2.26. The van der Waals surface area contributed by atoms with E-state index in [0.717, 1.165) is 30.5 Å². The van der Waals surface area contributed by atoms with Crippen molar-refractivity contribution >= 4 is 28.5 Å². The molecule has 2 atom stereocenters. The van der Waals surface area contributed by atoms with E-state index < -0.39 is 28.3 Å². The van der Waals surface area contributed by atoms with E-state index in [1.165, 1.54) is 0 Å². The molecule has 0 aliphatic rings. The van der Waals surface area contributed by atoms with Gasteiger partial charge in [0.25, 0.3) is 0 Å². The first-order valence-corrected chi connectivity index (χ1v) is 17.5. The van der Waals surface area contributed by atoms with Gasteiger partial charge in [-0.3, -0.25) is 0 Å². The van der Waals surface area contributed by atoms with Crippen molar-refractivity contribution in [2.75, 3.05) is 6.61 Å². The molecule has 1 aromatic rings. The Morgan fingerprint density at radius 3 is 2.40 bits per heavy atom. The number of carbonyl (C=O) groups is 2. The Kier molecular flexibility index (Phi) is 11.0. The summed E-state index contributed by atoms with van der Waals surface area (Å²) in [6.07, 6.45) is 3.90. The lowest BCUT2D eigenvalue weighted by atomic mass is 10.2. The van der Waals surface area contributed by atoms with Gasteiger partial charge in [0, 0.05) is 33.5 Å². The molecule has 7 nitrogen and oxygen atoms in total. The average Bonchev–Trinajstić information content (AvgIpc) is 3.14. The van der Waals surface area contributed by atoms with Crippen LogP contribution in [-0.4, -0.2) is 50.4 Å². The number of nitrogens with zero attached hydrogens (tertiary/aromatic N) is 2. The summed E-state index contributed by atoms with van der Waals surface area (Å²) < 4.78 is 13.4. The second-order valence-electron chi connectivity index (χ2n) is 9.17. The van der Waals surface area contributed by atoms with Crippen LogP contribution in [0.5, 0.6) is 0 Å². The number of amides is 1. The summed E-state index contributed by atoms with van der Waals surface area (Å²) in [5, 5.41) is 2.85. The Labute approximate surface area is 184 Å². The first kappa shape index (κ1) is 26.6. The fourth-order valence-corrected chi connectivity index (χ4v) is 8.02. The van der Waals surface area contributed by atoms with Crippen LogP contribution in [0, 0.1) is 0 Å². The summed E-state index contributed by atoms with van der Waals surface area (Å²) in [5.41, 5.74) is -0.0842. The van der Waals surface area contributed by atoms with E-state index in [2.05, 4.69) is 50.7 Å².